The first-order valence-corrected chi connectivity index (χ1v) is 10.1. The third-order valence-electron chi connectivity index (χ3n) is 5.57. The lowest BCUT2D eigenvalue weighted by Crippen LogP contribution is -2.68. The number of rotatable bonds is 5. The molecule has 0 radical (unpaired) electrons. The largest absolute Gasteiger partial charge is 0.507 e. The normalized spacial score (nSPS) is 23.8. The van der Waals surface area contributed by atoms with Gasteiger partial charge in [0.1, 0.15) is 40.8 Å². The maximum Gasteiger partial charge on any atom is 0.257 e. The molecule has 188 valence electrons. The van der Waals surface area contributed by atoms with Crippen LogP contribution in [-0.4, -0.2) is 85.0 Å². The van der Waals surface area contributed by atoms with Gasteiger partial charge in [-0.2, -0.15) is 0 Å². The van der Waals surface area contributed by atoms with Crippen molar-refractivity contribution in [2.75, 3.05) is 13.7 Å². The van der Waals surface area contributed by atoms with Crippen molar-refractivity contribution in [2.24, 2.45) is 0 Å². The first-order valence-electron chi connectivity index (χ1n) is 10.1. The number of phenolic OH excluding ortho intramolecular Hbond substituents is 2. The fourth-order valence-electron chi connectivity index (χ4n) is 3.68. The minimum Gasteiger partial charge on any atom is -0.507 e. The number of benzene rings is 2. The smallest absolute Gasteiger partial charge is 0.257 e. The van der Waals surface area contributed by atoms with Gasteiger partial charge < -0.3 is 59.5 Å². The van der Waals surface area contributed by atoms with E-state index in [4.69, 9.17) is 18.6 Å². The number of hydrogen-bond acceptors (Lipinski definition) is 13. The van der Waals surface area contributed by atoms with Crippen LogP contribution in [-0.2, 0) is 4.74 Å². The third kappa shape index (κ3) is 4.10. The number of aliphatic hydroxyl groups is 5. The maximum absolute atomic E-state index is 12.7. The summed E-state index contributed by atoms with van der Waals surface area (Å²) in [5.41, 5.74) is -1.22. The number of phenols is 2. The Labute approximate surface area is 195 Å². The average Bonchev–Trinajstić information content (AvgIpc) is 2.81. The zero-order chi connectivity index (χ0) is 25.7. The zero-order valence-electron chi connectivity index (χ0n) is 18.0. The number of aromatic hydroxyl groups is 3. The second kappa shape index (κ2) is 8.88. The standard InChI is InChI=1S/C22H22O13/c1-32-12-3-2-8(4-10(12)24)19-18(28)17(27)15-11(25)5-9(6-13(15)34-19)33-21-22(30,31)20(29)16(26)14(7-23)35-21/h2-6,14,16,20-21,23-26,28-31H,7H2,1H3/t14-,16-,20+,21-/m1/s1. The molecule has 4 rings (SSSR count). The molecule has 8 N–H and O–H groups in total. The summed E-state index contributed by atoms with van der Waals surface area (Å²) in [6.07, 6.45) is -7.50. The molecule has 0 bridgehead atoms. The Balaban J connectivity index is 1.78. The number of methoxy groups -OCH3 is 1. The average molecular weight is 494 g/mol. The van der Waals surface area contributed by atoms with E-state index in [1.807, 2.05) is 0 Å². The molecule has 1 aromatic heterocycles. The third-order valence-corrected chi connectivity index (χ3v) is 5.57. The van der Waals surface area contributed by atoms with Crippen LogP contribution in [0.15, 0.2) is 39.5 Å². The van der Waals surface area contributed by atoms with Gasteiger partial charge in [0.15, 0.2) is 17.3 Å². The van der Waals surface area contributed by atoms with Crippen molar-refractivity contribution in [1.82, 2.24) is 0 Å². The van der Waals surface area contributed by atoms with Crippen molar-refractivity contribution in [1.29, 1.82) is 0 Å². The molecule has 4 atom stereocenters. The molecule has 1 fully saturated rings. The molecular weight excluding hydrogens is 472 g/mol. The van der Waals surface area contributed by atoms with Crippen LogP contribution >= 0.6 is 0 Å². The highest BCUT2D eigenvalue weighted by molar-refractivity contribution is 5.88. The second-order valence-corrected chi connectivity index (χ2v) is 7.84. The van der Waals surface area contributed by atoms with Crippen molar-refractivity contribution >= 4 is 11.0 Å². The summed E-state index contributed by atoms with van der Waals surface area (Å²) in [6, 6.07) is 5.89. The Bertz CT molecular complexity index is 1310. The first-order chi connectivity index (χ1) is 16.5. The van der Waals surface area contributed by atoms with Crippen molar-refractivity contribution in [3.8, 4) is 40.1 Å². The summed E-state index contributed by atoms with van der Waals surface area (Å²) in [7, 11) is 1.33. The summed E-state index contributed by atoms with van der Waals surface area (Å²) in [5, 5.41) is 79.9. The maximum atomic E-state index is 12.7. The van der Waals surface area contributed by atoms with Gasteiger partial charge in [-0.05, 0) is 18.2 Å². The van der Waals surface area contributed by atoms with E-state index in [2.05, 4.69) is 0 Å². The molecule has 1 aliphatic rings. The van der Waals surface area contributed by atoms with Gasteiger partial charge in [-0.15, -0.1) is 0 Å². The lowest BCUT2D eigenvalue weighted by Gasteiger charge is -2.44. The van der Waals surface area contributed by atoms with Crippen molar-refractivity contribution in [3.05, 3.63) is 40.6 Å². The van der Waals surface area contributed by atoms with Crippen LogP contribution in [0, 0.1) is 0 Å². The lowest BCUT2D eigenvalue weighted by atomic mass is 9.96. The summed E-state index contributed by atoms with van der Waals surface area (Å²) in [4.78, 5) is 12.7. The lowest BCUT2D eigenvalue weighted by molar-refractivity contribution is -0.388. The number of aliphatic hydroxyl groups excluding tert-OH is 3. The highest BCUT2D eigenvalue weighted by atomic mass is 16.7. The molecule has 0 aliphatic carbocycles. The monoisotopic (exact) mass is 494 g/mol. The summed E-state index contributed by atoms with van der Waals surface area (Å²) < 4.78 is 21.0. The van der Waals surface area contributed by atoms with Crippen LogP contribution in [0.25, 0.3) is 22.3 Å². The summed E-state index contributed by atoms with van der Waals surface area (Å²) in [5.74, 6) is -5.55. The van der Waals surface area contributed by atoms with E-state index in [-0.39, 0.29) is 34.2 Å². The molecule has 0 amide bonds. The van der Waals surface area contributed by atoms with Crippen molar-refractivity contribution < 1.29 is 59.5 Å². The number of hydrogen-bond donors (Lipinski definition) is 8. The molecule has 13 nitrogen and oxygen atoms in total. The predicted octanol–water partition coefficient (Wildman–Crippen LogP) is -0.916. The molecule has 2 heterocycles. The minimum absolute atomic E-state index is 0.0915. The topological polar surface area (TPSA) is 220 Å². The quantitative estimate of drug-likeness (QED) is 0.201. The van der Waals surface area contributed by atoms with Crippen LogP contribution in [0.1, 0.15) is 0 Å². The number of ether oxygens (including phenoxy) is 3. The Hall–Kier alpha value is -3.59. The molecule has 2 aromatic carbocycles. The highest BCUT2D eigenvalue weighted by Gasteiger charge is 2.55. The molecule has 35 heavy (non-hydrogen) atoms. The van der Waals surface area contributed by atoms with Gasteiger partial charge >= 0.3 is 0 Å². The fraction of sp³-hybridized carbons (Fsp3) is 0.318. The van der Waals surface area contributed by atoms with E-state index in [0.717, 1.165) is 12.1 Å². The first kappa shape index (κ1) is 24.5. The van der Waals surface area contributed by atoms with Gasteiger partial charge in [0, 0.05) is 17.7 Å². The Morgan fingerprint density at radius 3 is 2.40 bits per heavy atom. The SMILES string of the molecule is COc1ccc(-c2oc3cc(O[C@@H]4O[C@H](CO)[C@@H](O)[C@H](O)C4(O)O)cc(O)c3c(=O)c2O)cc1O. The summed E-state index contributed by atoms with van der Waals surface area (Å²) in [6.45, 7) is -0.788. The van der Waals surface area contributed by atoms with Crippen LogP contribution < -0.4 is 14.9 Å². The molecule has 0 saturated carbocycles. The Morgan fingerprint density at radius 1 is 1.06 bits per heavy atom. The van der Waals surface area contributed by atoms with Gasteiger partial charge in [-0.1, -0.05) is 0 Å². The Morgan fingerprint density at radius 2 is 1.77 bits per heavy atom. The molecule has 0 spiro atoms. The van der Waals surface area contributed by atoms with E-state index in [9.17, 15) is 45.6 Å². The van der Waals surface area contributed by atoms with Crippen LogP contribution in [0.4, 0.5) is 0 Å². The Kier molecular flexibility index (Phi) is 6.23. The molecule has 0 unspecified atom stereocenters. The van der Waals surface area contributed by atoms with Crippen molar-refractivity contribution in [2.45, 2.75) is 30.4 Å². The van der Waals surface area contributed by atoms with Crippen molar-refractivity contribution in [3.63, 3.8) is 0 Å². The van der Waals surface area contributed by atoms with Crippen LogP contribution in [0.2, 0.25) is 0 Å². The molecule has 13 heteroatoms. The fourth-order valence-corrected chi connectivity index (χ4v) is 3.68. The van der Waals surface area contributed by atoms with Crippen LogP contribution in [0.5, 0.6) is 28.7 Å². The van der Waals surface area contributed by atoms with E-state index in [1.165, 1.54) is 25.3 Å². The second-order valence-electron chi connectivity index (χ2n) is 7.84. The van der Waals surface area contributed by atoms with E-state index < -0.39 is 59.3 Å². The van der Waals surface area contributed by atoms with Gasteiger partial charge in [0.05, 0.1) is 13.7 Å². The molecule has 3 aromatic rings. The zero-order valence-corrected chi connectivity index (χ0v) is 18.0. The van der Waals surface area contributed by atoms with Gasteiger partial charge in [-0.25, -0.2) is 0 Å². The molecule has 1 aliphatic heterocycles. The molecular formula is C22H22O13. The van der Waals surface area contributed by atoms with E-state index in [1.54, 1.807) is 0 Å². The highest BCUT2D eigenvalue weighted by Crippen LogP contribution is 2.39. The van der Waals surface area contributed by atoms with Gasteiger partial charge in [0.25, 0.3) is 12.1 Å². The van der Waals surface area contributed by atoms with E-state index in [0.29, 0.717) is 0 Å². The van der Waals surface area contributed by atoms with Gasteiger partial charge in [0.2, 0.25) is 11.2 Å². The van der Waals surface area contributed by atoms with Gasteiger partial charge in [-0.3, -0.25) is 4.79 Å². The predicted molar refractivity (Wildman–Crippen MR) is 115 cm³/mol. The summed E-state index contributed by atoms with van der Waals surface area (Å²) >= 11 is 0. The molecule has 1 saturated heterocycles. The number of fused-ring (bicyclic) bond motifs is 1. The minimum atomic E-state index is -3.13. The van der Waals surface area contributed by atoms with E-state index >= 15 is 0 Å². The van der Waals surface area contributed by atoms with Crippen LogP contribution in [0.3, 0.4) is 0 Å².